The Labute approximate surface area is 101 Å². The summed E-state index contributed by atoms with van der Waals surface area (Å²) >= 11 is 7.92. The van der Waals surface area contributed by atoms with Crippen LogP contribution in [0.4, 0.5) is 0 Å². The van der Waals surface area contributed by atoms with E-state index in [0.29, 0.717) is 5.92 Å². The van der Waals surface area contributed by atoms with Gasteiger partial charge in [-0.2, -0.15) is 12.6 Å². The Morgan fingerprint density at radius 1 is 1.29 bits per heavy atom. The van der Waals surface area contributed by atoms with Gasteiger partial charge in [0, 0.05) is 4.47 Å². The lowest BCUT2D eigenvalue weighted by atomic mass is 9.99. The molecule has 0 N–H and O–H groups in total. The van der Waals surface area contributed by atoms with Crippen molar-refractivity contribution < 1.29 is 0 Å². The molecule has 0 radical (unpaired) electrons. The summed E-state index contributed by atoms with van der Waals surface area (Å²) in [6.45, 7) is 6.54. The summed E-state index contributed by atoms with van der Waals surface area (Å²) < 4.78 is 1.23. The van der Waals surface area contributed by atoms with Gasteiger partial charge >= 0.3 is 0 Å². The molecule has 0 saturated heterocycles. The summed E-state index contributed by atoms with van der Waals surface area (Å²) in [4.78, 5) is 0. The third kappa shape index (κ3) is 3.03. The fourth-order valence-corrected chi connectivity index (χ4v) is 2.19. The highest BCUT2D eigenvalue weighted by molar-refractivity contribution is 9.10. The zero-order chi connectivity index (χ0) is 10.7. The van der Waals surface area contributed by atoms with Crippen molar-refractivity contribution in [3.05, 3.63) is 33.3 Å². The minimum atomic E-state index is 0.636. The van der Waals surface area contributed by atoms with Crippen LogP contribution in [0.1, 0.15) is 23.6 Å². The van der Waals surface area contributed by atoms with Gasteiger partial charge in [0.1, 0.15) is 0 Å². The van der Waals surface area contributed by atoms with Crippen LogP contribution in [0, 0.1) is 19.8 Å². The van der Waals surface area contributed by atoms with E-state index in [9.17, 15) is 0 Å². The Hall–Kier alpha value is 0.0500. The molecule has 1 rings (SSSR count). The van der Waals surface area contributed by atoms with Gasteiger partial charge in [0.15, 0.2) is 0 Å². The van der Waals surface area contributed by atoms with Crippen LogP contribution in [-0.4, -0.2) is 5.75 Å². The Morgan fingerprint density at radius 2 is 1.86 bits per heavy atom. The van der Waals surface area contributed by atoms with Crippen LogP contribution in [0.15, 0.2) is 16.6 Å². The van der Waals surface area contributed by atoms with Gasteiger partial charge < -0.3 is 0 Å². The molecule has 0 fully saturated rings. The average Bonchev–Trinajstić information content (AvgIpc) is 2.14. The second-order valence-corrected chi connectivity index (χ2v) is 5.24. The van der Waals surface area contributed by atoms with E-state index in [4.69, 9.17) is 0 Å². The highest BCUT2D eigenvalue weighted by Gasteiger charge is 2.06. The van der Waals surface area contributed by atoms with Crippen LogP contribution in [0.5, 0.6) is 0 Å². The number of thiol groups is 1. The molecule has 0 bridgehead atoms. The minimum absolute atomic E-state index is 0.636. The number of hydrogen-bond acceptors (Lipinski definition) is 1. The summed E-state index contributed by atoms with van der Waals surface area (Å²) in [5.74, 6) is 1.58. The first-order valence-corrected chi connectivity index (χ1v) is 6.33. The van der Waals surface area contributed by atoms with Crippen molar-refractivity contribution >= 4 is 28.6 Å². The van der Waals surface area contributed by atoms with Gasteiger partial charge in [-0.05, 0) is 54.7 Å². The van der Waals surface area contributed by atoms with E-state index in [-0.39, 0.29) is 0 Å². The molecule has 78 valence electrons. The fourth-order valence-electron chi connectivity index (χ4n) is 1.44. The normalized spacial score (nSPS) is 12.9. The van der Waals surface area contributed by atoms with Gasteiger partial charge in [-0.1, -0.05) is 28.9 Å². The van der Waals surface area contributed by atoms with E-state index in [0.717, 1.165) is 12.2 Å². The molecule has 14 heavy (non-hydrogen) atoms. The molecule has 0 aliphatic carbocycles. The molecular formula is C12H17BrS. The van der Waals surface area contributed by atoms with Crippen molar-refractivity contribution in [1.29, 1.82) is 0 Å². The molecule has 0 nitrogen and oxygen atoms in total. The van der Waals surface area contributed by atoms with Crippen LogP contribution in [0.2, 0.25) is 0 Å². The predicted octanol–water partition coefficient (Wildman–Crippen LogP) is 4.17. The Kier molecular flexibility index (Phi) is 4.52. The number of hydrogen-bond donors (Lipinski definition) is 1. The lowest BCUT2D eigenvalue weighted by molar-refractivity contribution is 0.658. The second kappa shape index (κ2) is 5.22. The van der Waals surface area contributed by atoms with Crippen LogP contribution < -0.4 is 0 Å². The van der Waals surface area contributed by atoms with Crippen molar-refractivity contribution in [2.75, 3.05) is 5.75 Å². The quantitative estimate of drug-likeness (QED) is 0.785. The number of benzene rings is 1. The zero-order valence-corrected chi connectivity index (χ0v) is 11.5. The molecule has 1 aromatic carbocycles. The second-order valence-electron chi connectivity index (χ2n) is 4.02. The minimum Gasteiger partial charge on any atom is -0.179 e. The maximum absolute atomic E-state index is 4.31. The van der Waals surface area contributed by atoms with Crippen molar-refractivity contribution in [3.63, 3.8) is 0 Å². The van der Waals surface area contributed by atoms with Crippen LogP contribution in [0.3, 0.4) is 0 Å². The molecule has 0 amide bonds. The van der Waals surface area contributed by atoms with Crippen molar-refractivity contribution in [2.45, 2.75) is 27.2 Å². The smallest absolute Gasteiger partial charge is 0.0210 e. The standard InChI is InChI=1S/C12H17BrS/c1-8(7-14)4-11-5-9(2)10(3)6-12(11)13/h5-6,8,14H,4,7H2,1-3H3. The summed E-state index contributed by atoms with van der Waals surface area (Å²) in [6.07, 6.45) is 1.10. The summed E-state index contributed by atoms with van der Waals surface area (Å²) in [7, 11) is 0. The largest absolute Gasteiger partial charge is 0.179 e. The molecule has 2 heteroatoms. The monoisotopic (exact) mass is 272 g/mol. The first-order valence-electron chi connectivity index (χ1n) is 4.91. The van der Waals surface area contributed by atoms with E-state index in [1.54, 1.807) is 0 Å². The number of rotatable bonds is 3. The van der Waals surface area contributed by atoms with Crippen LogP contribution >= 0.6 is 28.6 Å². The van der Waals surface area contributed by atoms with Crippen molar-refractivity contribution in [1.82, 2.24) is 0 Å². The van der Waals surface area contributed by atoms with Crippen LogP contribution in [-0.2, 0) is 6.42 Å². The number of halogens is 1. The Morgan fingerprint density at radius 3 is 2.43 bits per heavy atom. The lowest BCUT2D eigenvalue weighted by Gasteiger charge is -2.12. The zero-order valence-electron chi connectivity index (χ0n) is 8.97. The molecule has 1 unspecified atom stereocenters. The molecule has 0 aliphatic heterocycles. The van der Waals surface area contributed by atoms with E-state index >= 15 is 0 Å². The number of aryl methyl sites for hydroxylation is 2. The maximum atomic E-state index is 4.31. The third-order valence-electron chi connectivity index (χ3n) is 2.54. The lowest BCUT2D eigenvalue weighted by Crippen LogP contribution is -2.02. The molecule has 0 spiro atoms. The Balaban J connectivity index is 2.92. The highest BCUT2D eigenvalue weighted by Crippen LogP contribution is 2.24. The van der Waals surface area contributed by atoms with Crippen molar-refractivity contribution in [2.24, 2.45) is 5.92 Å². The van der Waals surface area contributed by atoms with Gasteiger partial charge in [-0.25, -0.2) is 0 Å². The van der Waals surface area contributed by atoms with E-state index in [1.807, 2.05) is 0 Å². The van der Waals surface area contributed by atoms with Gasteiger partial charge in [0.2, 0.25) is 0 Å². The Bertz CT molecular complexity index is 320. The summed E-state index contributed by atoms with van der Waals surface area (Å²) in [6, 6.07) is 4.48. The summed E-state index contributed by atoms with van der Waals surface area (Å²) in [5, 5.41) is 0. The SMILES string of the molecule is Cc1cc(Br)c(CC(C)CS)cc1C. The molecule has 1 atom stereocenters. The van der Waals surface area contributed by atoms with Gasteiger partial charge in [-0.15, -0.1) is 0 Å². The first kappa shape index (κ1) is 12.1. The van der Waals surface area contributed by atoms with E-state index in [1.165, 1.54) is 21.2 Å². The van der Waals surface area contributed by atoms with Gasteiger partial charge in [-0.3, -0.25) is 0 Å². The summed E-state index contributed by atoms with van der Waals surface area (Å²) in [5.41, 5.74) is 4.11. The molecular weight excluding hydrogens is 256 g/mol. The topological polar surface area (TPSA) is 0 Å². The van der Waals surface area contributed by atoms with Gasteiger partial charge in [0.25, 0.3) is 0 Å². The first-order chi connectivity index (χ1) is 6.54. The molecule has 0 heterocycles. The fraction of sp³-hybridized carbons (Fsp3) is 0.500. The van der Waals surface area contributed by atoms with Crippen LogP contribution in [0.25, 0.3) is 0 Å². The molecule has 0 aliphatic rings. The van der Waals surface area contributed by atoms with E-state index < -0.39 is 0 Å². The average molecular weight is 273 g/mol. The molecule has 0 aromatic heterocycles. The predicted molar refractivity (Wildman–Crippen MR) is 70.3 cm³/mol. The van der Waals surface area contributed by atoms with Gasteiger partial charge in [0.05, 0.1) is 0 Å². The van der Waals surface area contributed by atoms with Crippen molar-refractivity contribution in [3.8, 4) is 0 Å². The highest BCUT2D eigenvalue weighted by atomic mass is 79.9. The molecule has 1 aromatic rings. The molecule has 0 saturated carbocycles. The third-order valence-corrected chi connectivity index (χ3v) is 3.90. The van der Waals surface area contributed by atoms with E-state index in [2.05, 4.69) is 61.5 Å². The maximum Gasteiger partial charge on any atom is 0.0210 e.